The van der Waals surface area contributed by atoms with E-state index in [0.717, 1.165) is 12.8 Å². The smallest absolute Gasteiger partial charge is 0.387 e. The maximum Gasteiger partial charge on any atom is 0.387 e. The number of halogens is 5. The quantitative estimate of drug-likeness (QED) is 0.334. The molecule has 4 rings (SSSR count). The maximum atomic E-state index is 14.0. The zero-order valence-corrected chi connectivity index (χ0v) is 21.3. The molecule has 1 atom stereocenters. The minimum absolute atomic E-state index is 0. The van der Waals surface area contributed by atoms with E-state index in [4.69, 9.17) is 14.9 Å². The van der Waals surface area contributed by atoms with Crippen LogP contribution in [0.3, 0.4) is 0 Å². The molecule has 1 saturated carbocycles. The van der Waals surface area contributed by atoms with Crippen LogP contribution in [0.25, 0.3) is 11.5 Å². The Hall–Kier alpha value is -3.36. The average Bonchev–Trinajstić information content (AvgIpc) is 3.52. The summed E-state index contributed by atoms with van der Waals surface area (Å²) in [6.07, 6.45) is 1.90. The highest BCUT2D eigenvalue weighted by Crippen LogP contribution is 2.37. The average molecular weight is 580 g/mol. The van der Waals surface area contributed by atoms with Crippen molar-refractivity contribution >= 4 is 28.3 Å². The number of benzene rings is 2. The lowest BCUT2D eigenvalue weighted by molar-refractivity contribution is -0.0515. The molecule has 0 saturated heterocycles. The van der Waals surface area contributed by atoms with Crippen LogP contribution in [0.4, 0.5) is 17.6 Å². The van der Waals surface area contributed by atoms with E-state index in [1.54, 1.807) is 4.72 Å². The van der Waals surface area contributed by atoms with E-state index < -0.39 is 50.8 Å². The number of ether oxygens (including phenoxy) is 2. The summed E-state index contributed by atoms with van der Waals surface area (Å²) < 4.78 is 95.2. The Kier molecular flexibility index (Phi) is 8.90. The topological polar surface area (TPSA) is 134 Å². The van der Waals surface area contributed by atoms with Gasteiger partial charge in [-0.1, -0.05) is 0 Å². The summed E-state index contributed by atoms with van der Waals surface area (Å²) in [5.41, 5.74) is 5.55. The van der Waals surface area contributed by atoms with E-state index >= 15 is 0 Å². The number of carbonyl (C=O) groups excluding carboxylic acids is 1. The minimum atomic E-state index is -4.76. The number of sulfonamides is 1. The standard InChI is InChI=1S/C23H21F4N3O6S.ClH/c1-11(28)20-19(21(31)30-37(32,33)18-7-5-14(24)9-15(18)25)29-22(36-20)13-4-6-16(35-23(26)27)17(8-13)34-10-12-2-3-12;/h4-9,11-12,23H,2-3,10,28H2,1H3,(H,30,31);1H/t11-;/m0./s1. The second kappa shape index (κ2) is 11.6. The summed E-state index contributed by atoms with van der Waals surface area (Å²) in [6.45, 7) is -1.37. The number of amides is 1. The molecular formula is C23H22ClF4N3O6S. The fraction of sp³-hybridized carbons (Fsp3) is 0.304. The third-order valence-corrected chi connectivity index (χ3v) is 6.63. The SMILES string of the molecule is C[C@H](N)c1oc(-c2ccc(OC(F)F)c(OCC3CC3)c2)nc1C(=O)NS(=O)(=O)c1ccc(F)cc1F.Cl. The van der Waals surface area contributed by atoms with Crippen LogP contribution in [0.2, 0.25) is 0 Å². The van der Waals surface area contributed by atoms with E-state index in [1.807, 2.05) is 0 Å². The number of hydrogen-bond acceptors (Lipinski definition) is 8. The van der Waals surface area contributed by atoms with E-state index in [-0.39, 0.29) is 47.7 Å². The van der Waals surface area contributed by atoms with Crippen LogP contribution < -0.4 is 19.9 Å². The van der Waals surface area contributed by atoms with Crippen molar-refractivity contribution in [2.45, 2.75) is 37.3 Å². The number of rotatable bonds is 10. The molecule has 0 unspecified atom stereocenters. The monoisotopic (exact) mass is 579 g/mol. The maximum absolute atomic E-state index is 14.0. The van der Waals surface area contributed by atoms with Crippen molar-refractivity contribution in [3.63, 3.8) is 0 Å². The van der Waals surface area contributed by atoms with Crippen molar-refractivity contribution in [1.82, 2.24) is 9.71 Å². The van der Waals surface area contributed by atoms with E-state index in [0.29, 0.717) is 24.1 Å². The zero-order valence-electron chi connectivity index (χ0n) is 19.6. The van der Waals surface area contributed by atoms with Gasteiger partial charge in [-0.2, -0.15) is 8.78 Å². The Morgan fingerprint density at radius 2 is 1.89 bits per heavy atom. The van der Waals surface area contributed by atoms with Gasteiger partial charge in [0.25, 0.3) is 15.9 Å². The molecule has 0 bridgehead atoms. The summed E-state index contributed by atoms with van der Waals surface area (Å²) in [6, 6.07) is 4.65. The van der Waals surface area contributed by atoms with Crippen molar-refractivity contribution < 1.29 is 44.7 Å². The van der Waals surface area contributed by atoms with Crippen LogP contribution in [-0.4, -0.2) is 32.5 Å². The van der Waals surface area contributed by atoms with Gasteiger partial charge in [-0.15, -0.1) is 12.4 Å². The molecule has 206 valence electrons. The Morgan fingerprint density at radius 3 is 2.50 bits per heavy atom. The molecule has 38 heavy (non-hydrogen) atoms. The van der Waals surface area contributed by atoms with Crippen molar-refractivity contribution in [2.24, 2.45) is 11.7 Å². The molecule has 1 fully saturated rings. The summed E-state index contributed by atoms with van der Waals surface area (Å²) in [7, 11) is -4.76. The second-order valence-corrected chi connectivity index (χ2v) is 9.98. The van der Waals surface area contributed by atoms with Crippen molar-refractivity contribution in [1.29, 1.82) is 0 Å². The van der Waals surface area contributed by atoms with Gasteiger partial charge >= 0.3 is 6.61 Å². The first-order chi connectivity index (χ1) is 17.4. The van der Waals surface area contributed by atoms with Crippen molar-refractivity contribution in [3.05, 3.63) is 59.5 Å². The number of nitrogens with one attached hydrogen (secondary N) is 1. The van der Waals surface area contributed by atoms with Crippen molar-refractivity contribution in [3.8, 4) is 23.0 Å². The van der Waals surface area contributed by atoms with E-state index in [1.165, 1.54) is 25.1 Å². The molecule has 1 heterocycles. The molecule has 2 aromatic carbocycles. The summed E-state index contributed by atoms with van der Waals surface area (Å²) in [5.74, 6) is -4.01. The van der Waals surface area contributed by atoms with Gasteiger partial charge in [0.15, 0.2) is 23.0 Å². The Bertz CT molecular complexity index is 1430. The zero-order chi connectivity index (χ0) is 26.9. The predicted octanol–water partition coefficient (Wildman–Crippen LogP) is 4.57. The highest BCUT2D eigenvalue weighted by Gasteiger charge is 2.29. The van der Waals surface area contributed by atoms with Gasteiger partial charge in [0, 0.05) is 11.6 Å². The van der Waals surface area contributed by atoms with Gasteiger partial charge in [-0.3, -0.25) is 4.79 Å². The summed E-state index contributed by atoms with van der Waals surface area (Å²) >= 11 is 0. The Labute approximate surface area is 220 Å². The fourth-order valence-corrected chi connectivity index (χ4v) is 4.30. The molecule has 3 aromatic rings. The number of oxazole rings is 1. The molecule has 1 aliphatic rings. The molecule has 1 aliphatic carbocycles. The third-order valence-electron chi connectivity index (χ3n) is 5.27. The lowest BCUT2D eigenvalue weighted by Gasteiger charge is -2.12. The summed E-state index contributed by atoms with van der Waals surface area (Å²) in [5, 5.41) is 0. The predicted molar refractivity (Wildman–Crippen MR) is 128 cm³/mol. The molecule has 1 aromatic heterocycles. The minimum Gasteiger partial charge on any atom is -0.489 e. The number of aromatic nitrogens is 1. The van der Waals surface area contributed by atoms with Gasteiger partial charge in [0.1, 0.15) is 16.5 Å². The number of nitrogens with two attached hydrogens (primary N) is 1. The first-order valence-corrected chi connectivity index (χ1v) is 12.4. The van der Waals surface area contributed by atoms with Crippen molar-refractivity contribution in [2.75, 3.05) is 6.61 Å². The molecule has 0 aliphatic heterocycles. The third kappa shape index (κ3) is 6.74. The highest BCUT2D eigenvalue weighted by molar-refractivity contribution is 7.90. The van der Waals surface area contributed by atoms with Gasteiger partial charge < -0.3 is 19.6 Å². The largest absolute Gasteiger partial charge is 0.489 e. The van der Waals surface area contributed by atoms with Crippen LogP contribution in [0.1, 0.15) is 42.1 Å². The molecule has 1 amide bonds. The van der Waals surface area contributed by atoms with Crippen LogP contribution in [0, 0.1) is 17.6 Å². The van der Waals surface area contributed by atoms with Crippen LogP contribution in [0.5, 0.6) is 11.5 Å². The van der Waals surface area contributed by atoms with Gasteiger partial charge in [-0.05, 0) is 56.0 Å². The normalized spacial score (nSPS) is 14.1. The molecule has 0 spiro atoms. The van der Waals surface area contributed by atoms with E-state index in [2.05, 4.69) is 9.72 Å². The number of alkyl halides is 2. The molecule has 3 N–H and O–H groups in total. The first kappa shape index (κ1) is 29.2. The molecular weight excluding hydrogens is 558 g/mol. The fourth-order valence-electron chi connectivity index (χ4n) is 3.28. The lowest BCUT2D eigenvalue weighted by Crippen LogP contribution is -2.32. The van der Waals surface area contributed by atoms with Crippen LogP contribution >= 0.6 is 12.4 Å². The Balaban J connectivity index is 0.00000400. The molecule has 15 heteroatoms. The summed E-state index contributed by atoms with van der Waals surface area (Å²) in [4.78, 5) is 15.9. The lowest BCUT2D eigenvalue weighted by atomic mass is 10.2. The first-order valence-electron chi connectivity index (χ1n) is 10.9. The van der Waals surface area contributed by atoms with Crippen LogP contribution in [-0.2, 0) is 10.0 Å². The Morgan fingerprint density at radius 1 is 1.18 bits per heavy atom. The number of carbonyl (C=O) groups is 1. The van der Waals surface area contributed by atoms with Crippen LogP contribution in [0.15, 0.2) is 45.7 Å². The number of hydrogen-bond donors (Lipinski definition) is 2. The van der Waals surface area contributed by atoms with Gasteiger partial charge in [-0.25, -0.2) is 26.9 Å². The molecule has 9 nitrogen and oxygen atoms in total. The molecule has 0 radical (unpaired) electrons. The highest BCUT2D eigenvalue weighted by atomic mass is 35.5. The van der Waals surface area contributed by atoms with E-state index in [9.17, 15) is 30.8 Å². The van der Waals surface area contributed by atoms with Gasteiger partial charge in [0.2, 0.25) is 5.89 Å². The number of nitrogens with zero attached hydrogens (tertiary/aromatic N) is 1. The van der Waals surface area contributed by atoms with Gasteiger partial charge in [0.05, 0.1) is 12.6 Å². The second-order valence-electron chi connectivity index (χ2n) is 8.32.